The van der Waals surface area contributed by atoms with Gasteiger partial charge >= 0.3 is 0 Å². The van der Waals surface area contributed by atoms with Crippen LogP contribution in [0.1, 0.15) is 39.0 Å². The lowest BCUT2D eigenvalue weighted by atomic mass is 9.94. The Kier molecular flexibility index (Phi) is 6.68. The third-order valence-corrected chi connectivity index (χ3v) is 4.41. The highest BCUT2D eigenvalue weighted by Gasteiger charge is 2.24. The lowest BCUT2D eigenvalue weighted by molar-refractivity contribution is -0.118. The number of rotatable bonds is 6. The minimum absolute atomic E-state index is 0.0840. The van der Waals surface area contributed by atoms with Gasteiger partial charge in [-0.2, -0.15) is 0 Å². The molecule has 1 aliphatic carbocycles. The summed E-state index contributed by atoms with van der Waals surface area (Å²) >= 11 is 6.07. The normalized spacial score (nSPS) is 17.5. The summed E-state index contributed by atoms with van der Waals surface area (Å²) in [6.07, 6.45) is 5.44. The summed E-state index contributed by atoms with van der Waals surface area (Å²) in [5.41, 5.74) is 0.634. The van der Waals surface area contributed by atoms with Crippen molar-refractivity contribution in [3.05, 3.63) is 29.3 Å². The van der Waals surface area contributed by atoms with E-state index in [0.29, 0.717) is 29.8 Å². The zero-order valence-corrected chi connectivity index (χ0v) is 13.9. The van der Waals surface area contributed by atoms with Gasteiger partial charge in [0.2, 0.25) is 5.91 Å². The van der Waals surface area contributed by atoms with Crippen LogP contribution in [0.25, 0.3) is 0 Å². The van der Waals surface area contributed by atoms with Gasteiger partial charge in [-0.25, -0.2) is 0 Å². The van der Waals surface area contributed by atoms with Gasteiger partial charge in [0.05, 0.1) is 23.4 Å². The van der Waals surface area contributed by atoms with E-state index in [2.05, 4.69) is 10.2 Å². The van der Waals surface area contributed by atoms with Crippen molar-refractivity contribution in [1.82, 2.24) is 4.90 Å². The second kappa shape index (κ2) is 8.51. The van der Waals surface area contributed by atoms with E-state index in [1.54, 1.807) is 19.1 Å². The van der Waals surface area contributed by atoms with E-state index in [-0.39, 0.29) is 5.91 Å². The molecule has 122 valence electrons. The fourth-order valence-electron chi connectivity index (χ4n) is 3.07. The summed E-state index contributed by atoms with van der Waals surface area (Å²) in [5, 5.41) is 13.1. The van der Waals surface area contributed by atoms with Gasteiger partial charge < -0.3 is 10.4 Å². The van der Waals surface area contributed by atoms with Gasteiger partial charge in [-0.05, 0) is 31.9 Å². The smallest absolute Gasteiger partial charge is 0.238 e. The van der Waals surface area contributed by atoms with E-state index in [1.165, 1.54) is 19.3 Å². The minimum Gasteiger partial charge on any atom is -0.392 e. The van der Waals surface area contributed by atoms with Crippen LogP contribution in [0.3, 0.4) is 0 Å². The molecule has 0 heterocycles. The van der Waals surface area contributed by atoms with Gasteiger partial charge in [-0.1, -0.05) is 43.0 Å². The third kappa shape index (κ3) is 5.27. The van der Waals surface area contributed by atoms with Gasteiger partial charge in [0.15, 0.2) is 0 Å². The monoisotopic (exact) mass is 324 g/mol. The molecule has 4 nitrogen and oxygen atoms in total. The van der Waals surface area contributed by atoms with Crippen molar-refractivity contribution in [2.45, 2.75) is 51.2 Å². The Bertz CT molecular complexity index is 487. The molecule has 2 rings (SSSR count). The second-order valence-electron chi connectivity index (χ2n) is 6.10. The first kappa shape index (κ1) is 17.3. The summed E-state index contributed by atoms with van der Waals surface area (Å²) in [7, 11) is 0. The molecule has 1 fully saturated rings. The highest BCUT2D eigenvalue weighted by molar-refractivity contribution is 6.33. The number of nitrogens with zero attached hydrogens (tertiary/aromatic N) is 1. The van der Waals surface area contributed by atoms with Crippen LogP contribution in [-0.4, -0.2) is 41.1 Å². The van der Waals surface area contributed by atoms with Crippen molar-refractivity contribution in [2.24, 2.45) is 0 Å². The first-order valence-electron chi connectivity index (χ1n) is 8.02. The summed E-state index contributed by atoms with van der Waals surface area (Å²) in [6.45, 7) is 2.59. The predicted molar refractivity (Wildman–Crippen MR) is 90.2 cm³/mol. The Labute approximate surface area is 137 Å². The van der Waals surface area contributed by atoms with Gasteiger partial charge in [0.1, 0.15) is 0 Å². The first-order valence-corrected chi connectivity index (χ1v) is 8.40. The van der Waals surface area contributed by atoms with Gasteiger partial charge in [0.25, 0.3) is 0 Å². The average molecular weight is 325 g/mol. The Morgan fingerprint density at radius 1 is 1.36 bits per heavy atom. The van der Waals surface area contributed by atoms with Crippen molar-refractivity contribution in [3.8, 4) is 0 Å². The molecule has 1 aromatic rings. The largest absolute Gasteiger partial charge is 0.392 e. The molecule has 2 N–H and O–H groups in total. The lowest BCUT2D eigenvalue weighted by Crippen LogP contribution is -2.45. The molecular weight excluding hydrogens is 300 g/mol. The van der Waals surface area contributed by atoms with Crippen LogP contribution >= 0.6 is 11.6 Å². The number of aliphatic hydroxyl groups excluding tert-OH is 1. The summed E-state index contributed by atoms with van der Waals surface area (Å²) in [5.74, 6) is -0.0840. The topological polar surface area (TPSA) is 52.6 Å². The van der Waals surface area contributed by atoms with E-state index in [9.17, 15) is 9.90 Å². The number of carbonyl (C=O) groups is 1. The van der Waals surface area contributed by atoms with Crippen LogP contribution in [0.4, 0.5) is 5.69 Å². The molecule has 1 saturated carbocycles. The van der Waals surface area contributed by atoms with Crippen molar-refractivity contribution >= 4 is 23.2 Å². The highest BCUT2D eigenvalue weighted by atomic mass is 35.5. The first-order chi connectivity index (χ1) is 10.6. The number of hydrogen-bond acceptors (Lipinski definition) is 3. The predicted octanol–water partition coefficient (Wildman–Crippen LogP) is 3.29. The molecule has 1 aliphatic rings. The number of hydrogen-bond donors (Lipinski definition) is 2. The average Bonchev–Trinajstić information content (AvgIpc) is 2.49. The number of benzene rings is 1. The van der Waals surface area contributed by atoms with Crippen molar-refractivity contribution in [2.75, 3.05) is 18.4 Å². The quantitative estimate of drug-likeness (QED) is 0.844. The van der Waals surface area contributed by atoms with Crippen LogP contribution in [0.2, 0.25) is 5.02 Å². The number of nitrogens with one attached hydrogen (secondary N) is 1. The maximum Gasteiger partial charge on any atom is 0.238 e. The molecule has 0 saturated heterocycles. The molecule has 5 heteroatoms. The fourth-order valence-corrected chi connectivity index (χ4v) is 3.25. The second-order valence-corrected chi connectivity index (χ2v) is 6.51. The van der Waals surface area contributed by atoms with Crippen LogP contribution in [0.15, 0.2) is 24.3 Å². The maximum atomic E-state index is 12.3. The van der Waals surface area contributed by atoms with Crippen molar-refractivity contribution < 1.29 is 9.90 Å². The molecule has 0 aliphatic heterocycles. The molecule has 0 aromatic heterocycles. The number of halogens is 1. The highest BCUT2D eigenvalue weighted by Crippen LogP contribution is 2.24. The molecule has 1 amide bonds. The Balaban J connectivity index is 1.96. The minimum atomic E-state index is -0.435. The fraction of sp³-hybridized carbons (Fsp3) is 0.588. The molecule has 22 heavy (non-hydrogen) atoms. The van der Waals surface area contributed by atoms with Crippen molar-refractivity contribution in [1.29, 1.82) is 0 Å². The molecule has 0 bridgehead atoms. The molecule has 1 unspecified atom stereocenters. The zero-order chi connectivity index (χ0) is 15.9. The molecule has 0 radical (unpaired) electrons. The molecular formula is C17H25ClN2O2. The number of para-hydroxylation sites is 1. The molecule has 0 spiro atoms. The van der Waals surface area contributed by atoms with E-state index in [4.69, 9.17) is 11.6 Å². The molecule has 1 atom stereocenters. The number of carbonyl (C=O) groups excluding carboxylic acids is 1. The maximum absolute atomic E-state index is 12.3. The SMILES string of the molecule is CC(O)CN(CC(=O)Nc1ccccc1Cl)C1CCCCC1. The number of aliphatic hydroxyl groups is 1. The van der Waals surface area contributed by atoms with E-state index in [1.807, 2.05) is 12.1 Å². The van der Waals surface area contributed by atoms with Crippen LogP contribution in [0.5, 0.6) is 0 Å². The van der Waals surface area contributed by atoms with E-state index >= 15 is 0 Å². The van der Waals surface area contributed by atoms with E-state index in [0.717, 1.165) is 12.8 Å². The standard InChI is InChI=1S/C17H25ClN2O2/c1-13(21)11-20(14-7-3-2-4-8-14)12-17(22)19-16-10-6-5-9-15(16)18/h5-6,9-10,13-14,21H,2-4,7-8,11-12H2,1H3,(H,19,22). The van der Waals surface area contributed by atoms with Crippen LogP contribution in [-0.2, 0) is 4.79 Å². The third-order valence-electron chi connectivity index (χ3n) is 4.08. The number of amides is 1. The van der Waals surface area contributed by atoms with Crippen LogP contribution < -0.4 is 5.32 Å². The van der Waals surface area contributed by atoms with E-state index < -0.39 is 6.10 Å². The molecule has 1 aromatic carbocycles. The van der Waals surface area contributed by atoms with Gasteiger partial charge in [-0.15, -0.1) is 0 Å². The van der Waals surface area contributed by atoms with Gasteiger partial charge in [0, 0.05) is 12.6 Å². The Morgan fingerprint density at radius 3 is 2.68 bits per heavy atom. The number of anilines is 1. The Hall–Kier alpha value is -1.10. The summed E-state index contributed by atoms with van der Waals surface area (Å²) < 4.78 is 0. The summed E-state index contributed by atoms with van der Waals surface area (Å²) in [6, 6.07) is 7.61. The lowest BCUT2D eigenvalue weighted by Gasteiger charge is -2.34. The van der Waals surface area contributed by atoms with Crippen LogP contribution in [0, 0.1) is 0 Å². The van der Waals surface area contributed by atoms with Gasteiger partial charge in [-0.3, -0.25) is 9.69 Å². The summed E-state index contributed by atoms with van der Waals surface area (Å²) in [4.78, 5) is 14.4. The Morgan fingerprint density at radius 2 is 2.05 bits per heavy atom. The van der Waals surface area contributed by atoms with Crippen molar-refractivity contribution in [3.63, 3.8) is 0 Å². The zero-order valence-electron chi connectivity index (χ0n) is 13.1.